The minimum absolute atomic E-state index is 0.0560. The van der Waals surface area contributed by atoms with Gasteiger partial charge in [-0.15, -0.1) is 0 Å². The molecule has 0 saturated heterocycles. The van der Waals surface area contributed by atoms with Gasteiger partial charge in [0.15, 0.2) is 0 Å². The highest BCUT2D eigenvalue weighted by molar-refractivity contribution is 7.89. The molecular formula is C15H25N3O2S. The number of nitrogen functional groups attached to an aromatic ring is 1. The minimum atomic E-state index is -3.59. The van der Waals surface area contributed by atoms with E-state index in [0.29, 0.717) is 17.8 Å². The molecule has 0 unspecified atom stereocenters. The second-order valence-corrected chi connectivity index (χ2v) is 7.94. The van der Waals surface area contributed by atoms with E-state index >= 15 is 0 Å². The minimum Gasteiger partial charge on any atom is -0.397 e. The Bertz CT molecular complexity index is 635. The molecular weight excluding hydrogens is 286 g/mol. The van der Waals surface area contributed by atoms with Gasteiger partial charge >= 0.3 is 0 Å². The van der Waals surface area contributed by atoms with Crippen LogP contribution in [0.4, 0.5) is 5.69 Å². The summed E-state index contributed by atoms with van der Waals surface area (Å²) in [5, 5.41) is 0. The van der Waals surface area contributed by atoms with E-state index in [1.54, 1.807) is 13.0 Å². The lowest BCUT2D eigenvalue weighted by atomic mass is 9.76. The van der Waals surface area contributed by atoms with Gasteiger partial charge in [-0.1, -0.05) is 12.1 Å². The molecule has 0 radical (unpaired) electrons. The summed E-state index contributed by atoms with van der Waals surface area (Å²) in [5.74, 6) is 0. The second kappa shape index (κ2) is 5.59. The van der Waals surface area contributed by atoms with E-state index < -0.39 is 10.0 Å². The van der Waals surface area contributed by atoms with Gasteiger partial charge in [0, 0.05) is 12.1 Å². The van der Waals surface area contributed by atoms with Crippen molar-refractivity contribution in [3.05, 3.63) is 23.3 Å². The summed E-state index contributed by atoms with van der Waals surface area (Å²) in [5.41, 5.74) is 7.74. The summed E-state index contributed by atoms with van der Waals surface area (Å²) >= 11 is 0. The molecule has 0 heterocycles. The summed E-state index contributed by atoms with van der Waals surface area (Å²) in [4.78, 5) is 2.33. The average Bonchev–Trinajstić information content (AvgIpc) is 2.32. The van der Waals surface area contributed by atoms with E-state index in [4.69, 9.17) is 5.73 Å². The molecule has 118 valence electrons. The van der Waals surface area contributed by atoms with Crippen molar-refractivity contribution < 1.29 is 8.42 Å². The summed E-state index contributed by atoms with van der Waals surface area (Å²) in [6.07, 6.45) is 3.18. The third kappa shape index (κ3) is 2.93. The molecule has 1 aromatic rings. The van der Waals surface area contributed by atoms with Crippen molar-refractivity contribution in [2.75, 3.05) is 26.4 Å². The van der Waals surface area contributed by atoms with E-state index in [9.17, 15) is 8.42 Å². The Morgan fingerprint density at radius 1 is 1.24 bits per heavy atom. The lowest BCUT2D eigenvalue weighted by Gasteiger charge is -2.47. The summed E-state index contributed by atoms with van der Waals surface area (Å²) in [6, 6.07) is 3.64. The first kappa shape index (κ1) is 16.3. The third-order valence-corrected chi connectivity index (χ3v) is 6.31. The van der Waals surface area contributed by atoms with Crippen molar-refractivity contribution in [1.29, 1.82) is 0 Å². The monoisotopic (exact) mass is 311 g/mol. The van der Waals surface area contributed by atoms with Gasteiger partial charge in [0.1, 0.15) is 4.90 Å². The van der Waals surface area contributed by atoms with Gasteiger partial charge in [0.05, 0.1) is 5.69 Å². The maximum atomic E-state index is 12.6. The quantitative estimate of drug-likeness (QED) is 0.811. The van der Waals surface area contributed by atoms with Crippen molar-refractivity contribution in [3.63, 3.8) is 0 Å². The van der Waals surface area contributed by atoms with Crippen LogP contribution in [0.25, 0.3) is 0 Å². The van der Waals surface area contributed by atoms with Crippen LogP contribution in [0, 0.1) is 13.8 Å². The fourth-order valence-electron chi connectivity index (χ4n) is 2.83. The number of nitrogens with zero attached hydrogens (tertiary/aromatic N) is 1. The lowest BCUT2D eigenvalue weighted by molar-refractivity contribution is 0.0657. The molecule has 1 aliphatic rings. The molecule has 1 aromatic carbocycles. The highest BCUT2D eigenvalue weighted by Gasteiger charge is 2.40. The predicted molar refractivity (Wildman–Crippen MR) is 85.8 cm³/mol. The van der Waals surface area contributed by atoms with Crippen LogP contribution in [0.1, 0.15) is 30.4 Å². The van der Waals surface area contributed by atoms with Crippen molar-refractivity contribution in [2.45, 2.75) is 43.5 Å². The summed E-state index contributed by atoms with van der Waals surface area (Å²) < 4.78 is 28.0. The number of nitrogens with one attached hydrogen (secondary N) is 1. The highest BCUT2D eigenvalue weighted by Crippen LogP contribution is 2.36. The van der Waals surface area contributed by atoms with E-state index in [0.717, 1.165) is 24.8 Å². The maximum absolute atomic E-state index is 12.6. The smallest absolute Gasteiger partial charge is 0.242 e. The first-order valence-corrected chi connectivity index (χ1v) is 8.71. The third-order valence-electron chi connectivity index (χ3n) is 4.70. The number of anilines is 1. The van der Waals surface area contributed by atoms with Gasteiger partial charge in [-0.05, 0) is 58.3 Å². The van der Waals surface area contributed by atoms with E-state index in [1.165, 1.54) is 0 Å². The Morgan fingerprint density at radius 2 is 1.81 bits per heavy atom. The largest absolute Gasteiger partial charge is 0.397 e. The number of aryl methyl sites for hydroxylation is 2. The molecule has 5 nitrogen and oxygen atoms in total. The second-order valence-electron chi connectivity index (χ2n) is 6.24. The van der Waals surface area contributed by atoms with E-state index in [1.807, 2.05) is 27.1 Å². The topological polar surface area (TPSA) is 75.4 Å². The molecule has 2 rings (SSSR count). The van der Waals surface area contributed by atoms with Gasteiger partial charge in [-0.3, -0.25) is 0 Å². The van der Waals surface area contributed by atoms with E-state index in [-0.39, 0.29) is 10.4 Å². The normalized spacial score (nSPS) is 17.8. The molecule has 21 heavy (non-hydrogen) atoms. The van der Waals surface area contributed by atoms with Crippen LogP contribution in [-0.2, 0) is 10.0 Å². The van der Waals surface area contributed by atoms with Gasteiger partial charge < -0.3 is 10.6 Å². The summed E-state index contributed by atoms with van der Waals surface area (Å²) in [6.45, 7) is 4.02. The van der Waals surface area contributed by atoms with Gasteiger partial charge in [0.25, 0.3) is 0 Å². The molecule has 0 atom stereocenters. The number of rotatable bonds is 5. The molecule has 0 aliphatic heterocycles. The van der Waals surface area contributed by atoms with Gasteiger partial charge in [-0.25, -0.2) is 13.1 Å². The van der Waals surface area contributed by atoms with Crippen LogP contribution in [0.2, 0.25) is 0 Å². The summed E-state index contributed by atoms with van der Waals surface area (Å²) in [7, 11) is 0.411. The van der Waals surface area contributed by atoms with Crippen molar-refractivity contribution in [3.8, 4) is 0 Å². The number of hydrogen-bond donors (Lipinski definition) is 2. The Morgan fingerprint density at radius 3 is 2.29 bits per heavy atom. The number of hydrogen-bond acceptors (Lipinski definition) is 4. The Kier molecular flexibility index (Phi) is 4.33. The Balaban J connectivity index is 2.26. The molecule has 1 saturated carbocycles. The maximum Gasteiger partial charge on any atom is 0.242 e. The standard InChI is InChI=1S/C15H25N3O2S/c1-11-6-7-12(2)14(13(11)16)21(19,20)17-10-15(18(3)4)8-5-9-15/h6-7,17H,5,8-10,16H2,1-4H3. The first-order valence-electron chi connectivity index (χ1n) is 7.22. The molecule has 0 amide bonds. The van der Waals surface area contributed by atoms with Crippen molar-refractivity contribution >= 4 is 15.7 Å². The number of nitrogens with two attached hydrogens (primary N) is 1. The molecule has 0 bridgehead atoms. The number of sulfonamides is 1. The first-order chi connectivity index (χ1) is 9.69. The molecule has 0 spiro atoms. The fourth-order valence-corrected chi connectivity index (χ4v) is 4.38. The highest BCUT2D eigenvalue weighted by atomic mass is 32.2. The zero-order valence-corrected chi connectivity index (χ0v) is 14.0. The van der Waals surface area contributed by atoms with Crippen LogP contribution < -0.4 is 10.5 Å². The zero-order valence-electron chi connectivity index (χ0n) is 13.2. The average molecular weight is 311 g/mol. The van der Waals surface area contributed by atoms with Crippen LogP contribution >= 0.6 is 0 Å². The number of likely N-dealkylation sites (N-methyl/N-ethyl adjacent to an activating group) is 1. The fraction of sp³-hybridized carbons (Fsp3) is 0.600. The molecule has 6 heteroatoms. The van der Waals surface area contributed by atoms with Gasteiger partial charge in [-0.2, -0.15) is 0 Å². The van der Waals surface area contributed by atoms with Crippen LogP contribution in [0.5, 0.6) is 0 Å². The number of benzene rings is 1. The molecule has 3 N–H and O–H groups in total. The SMILES string of the molecule is Cc1ccc(C)c(S(=O)(=O)NCC2(N(C)C)CCC2)c1N. The van der Waals surface area contributed by atoms with Crippen molar-refractivity contribution in [2.24, 2.45) is 0 Å². The van der Waals surface area contributed by atoms with Gasteiger partial charge in [0.2, 0.25) is 10.0 Å². The lowest BCUT2D eigenvalue weighted by Crippen LogP contribution is -2.57. The Labute approximate surface area is 127 Å². The van der Waals surface area contributed by atoms with Crippen molar-refractivity contribution in [1.82, 2.24) is 9.62 Å². The van der Waals surface area contributed by atoms with Crippen LogP contribution in [-0.4, -0.2) is 39.5 Å². The molecule has 1 fully saturated rings. The zero-order chi connectivity index (χ0) is 15.8. The predicted octanol–water partition coefficient (Wildman–Crippen LogP) is 1.65. The Hall–Kier alpha value is -1.11. The molecule has 0 aromatic heterocycles. The molecule has 1 aliphatic carbocycles. The van der Waals surface area contributed by atoms with Crippen LogP contribution in [0.3, 0.4) is 0 Å². The van der Waals surface area contributed by atoms with Crippen LogP contribution in [0.15, 0.2) is 17.0 Å². The van der Waals surface area contributed by atoms with E-state index in [2.05, 4.69) is 9.62 Å².